The Bertz CT molecular complexity index is 285. The topological polar surface area (TPSA) is 64.6 Å². The van der Waals surface area contributed by atoms with Gasteiger partial charge in [-0.1, -0.05) is 0 Å². The molecule has 0 aromatic carbocycles. The molecule has 1 saturated carbocycles. The maximum atomic E-state index is 11.9. The summed E-state index contributed by atoms with van der Waals surface area (Å²) in [6.07, 6.45) is 3.85. The SMILES string of the molecule is CNCOCOCCC(=O)C1CCC(C(C)=O)CC1. The molecule has 0 aliphatic heterocycles. The lowest BCUT2D eigenvalue weighted by molar-refractivity contribution is -0.129. The van der Waals surface area contributed by atoms with Gasteiger partial charge in [-0.15, -0.1) is 0 Å². The van der Waals surface area contributed by atoms with E-state index in [1.807, 2.05) is 0 Å². The molecule has 0 bridgehead atoms. The second-order valence-electron chi connectivity index (χ2n) is 5.10. The van der Waals surface area contributed by atoms with Crippen LogP contribution in [-0.2, 0) is 19.1 Å². The molecule has 5 heteroatoms. The summed E-state index contributed by atoms with van der Waals surface area (Å²) >= 11 is 0. The van der Waals surface area contributed by atoms with Gasteiger partial charge in [0.15, 0.2) is 0 Å². The van der Waals surface area contributed by atoms with Crippen LogP contribution >= 0.6 is 0 Å². The molecular weight excluding hydrogens is 246 g/mol. The number of rotatable bonds is 9. The van der Waals surface area contributed by atoms with Crippen molar-refractivity contribution < 1.29 is 19.1 Å². The highest BCUT2D eigenvalue weighted by Gasteiger charge is 2.27. The van der Waals surface area contributed by atoms with Gasteiger partial charge in [-0.3, -0.25) is 14.9 Å². The molecule has 0 unspecified atom stereocenters. The Kier molecular flexibility index (Phi) is 7.86. The Morgan fingerprint density at radius 2 is 1.74 bits per heavy atom. The fourth-order valence-corrected chi connectivity index (χ4v) is 2.46. The monoisotopic (exact) mass is 271 g/mol. The van der Waals surface area contributed by atoms with Crippen molar-refractivity contribution in [2.24, 2.45) is 11.8 Å². The molecule has 1 N–H and O–H groups in total. The number of ketones is 2. The van der Waals surface area contributed by atoms with Gasteiger partial charge in [0, 0.05) is 18.3 Å². The van der Waals surface area contributed by atoms with Gasteiger partial charge in [-0.25, -0.2) is 0 Å². The molecule has 0 saturated heterocycles. The van der Waals surface area contributed by atoms with Crippen molar-refractivity contribution in [1.29, 1.82) is 0 Å². The van der Waals surface area contributed by atoms with Gasteiger partial charge in [-0.2, -0.15) is 0 Å². The lowest BCUT2D eigenvalue weighted by atomic mass is 9.78. The normalized spacial score (nSPS) is 23.3. The highest BCUT2D eigenvalue weighted by Crippen LogP contribution is 2.30. The minimum atomic E-state index is 0.123. The van der Waals surface area contributed by atoms with Crippen LogP contribution in [0.3, 0.4) is 0 Å². The van der Waals surface area contributed by atoms with E-state index in [4.69, 9.17) is 9.47 Å². The smallest absolute Gasteiger partial charge is 0.148 e. The molecule has 0 heterocycles. The fraction of sp³-hybridized carbons (Fsp3) is 0.857. The van der Waals surface area contributed by atoms with E-state index >= 15 is 0 Å². The molecular formula is C14H25NO4. The predicted molar refractivity (Wildman–Crippen MR) is 71.6 cm³/mol. The largest absolute Gasteiger partial charge is 0.355 e. The highest BCUT2D eigenvalue weighted by molar-refractivity contribution is 5.82. The Balaban J connectivity index is 2.09. The van der Waals surface area contributed by atoms with Crippen LogP contribution in [0.5, 0.6) is 0 Å². The lowest BCUT2D eigenvalue weighted by Gasteiger charge is -2.25. The molecule has 1 aliphatic rings. The third-order valence-corrected chi connectivity index (χ3v) is 3.66. The molecule has 0 aromatic heterocycles. The molecule has 1 aliphatic carbocycles. The van der Waals surface area contributed by atoms with E-state index in [9.17, 15) is 9.59 Å². The van der Waals surface area contributed by atoms with E-state index in [-0.39, 0.29) is 30.2 Å². The molecule has 0 spiro atoms. The van der Waals surface area contributed by atoms with Crippen molar-refractivity contribution in [2.75, 3.05) is 27.2 Å². The summed E-state index contributed by atoms with van der Waals surface area (Å²) < 4.78 is 10.3. The van der Waals surface area contributed by atoms with Crippen LogP contribution in [-0.4, -0.2) is 38.7 Å². The van der Waals surface area contributed by atoms with Crippen molar-refractivity contribution in [3.05, 3.63) is 0 Å². The zero-order valence-corrected chi connectivity index (χ0v) is 11.9. The number of hydrogen-bond acceptors (Lipinski definition) is 5. The van der Waals surface area contributed by atoms with Gasteiger partial charge < -0.3 is 9.47 Å². The molecule has 0 aromatic rings. The van der Waals surface area contributed by atoms with Crippen molar-refractivity contribution in [2.45, 2.75) is 39.0 Å². The molecule has 1 fully saturated rings. The van der Waals surface area contributed by atoms with Crippen LogP contribution in [0.2, 0.25) is 0 Å². The van der Waals surface area contributed by atoms with E-state index in [2.05, 4.69) is 5.32 Å². The van der Waals surface area contributed by atoms with Gasteiger partial charge in [0.05, 0.1) is 13.3 Å². The third-order valence-electron chi connectivity index (χ3n) is 3.66. The van der Waals surface area contributed by atoms with Gasteiger partial charge in [0.25, 0.3) is 0 Å². The standard InChI is InChI=1S/C14H25NO4/c1-11(16)12-3-5-13(6-4-12)14(17)7-8-18-10-19-9-15-2/h12-13,15H,3-10H2,1-2H3. The van der Waals surface area contributed by atoms with E-state index in [1.165, 1.54) is 0 Å². The molecule has 0 radical (unpaired) electrons. The molecule has 110 valence electrons. The molecule has 1 rings (SSSR count). The van der Waals surface area contributed by atoms with Crippen LogP contribution in [0, 0.1) is 11.8 Å². The number of carbonyl (C=O) groups excluding carboxylic acids is 2. The summed E-state index contributed by atoms with van der Waals surface area (Å²) in [7, 11) is 1.79. The molecule has 19 heavy (non-hydrogen) atoms. The first-order chi connectivity index (χ1) is 9.15. The maximum absolute atomic E-state index is 11.9. The fourth-order valence-electron chi connectivity index (χ4n) is 2.46. The summed E-state index contributed by atoms with van der Waals surface area (Å²) in [6.45, 7) is 2.72. The van der Waals surface area contributed by atoms with E-state index in [0.29, 0.717) is 19.8 Å². The van der Waals surface area contributed by atoms with E-state index < -0.39 is 0 Å². The van der Waals surface area contributed by atoms with E-state index in [1.54, 1.807) is 14.0 Å². The van der Waals surface area contributed by atoms with Gasteiger partial charge in [0.2, 0.25) is 0 Å². The Morgan fingerprint density at radius 1 is 1.11 bits per heavy atom. The molecule has 5 nitrogen and oxygen atoms in total. The van der Waals surface area contributed by atoms with Crippen molar-refractivity contribution in [3.8, 4) is 0 Å². The molecule has 0 amide bonds. The summed E-state index contributed by atoms with van der Waals surface area (Å²) in [5.41, 5.74) is 0. The van der Waals surface area contributed by atoms with Gasteiger partial charge in [-0.05, 0) is 39.7 Å². The first kappa shape index (κ1) is 16.3. The van der Waals surface area contributed by atoms with Gasteiger partial charge >= 0.3 is 0 Å². The Hall–Kier alpha value is -0.780. The zero-order valence-electron chi connectivity index (χ0n) is 11.9. The molecule has 0 atom stereocenters. The summed E-state index contributed by atoms with van der Waals surface area (Å²) in [5.74, 6) is 0.819. The summed E-state index contributed by atoms with van der Waals surface area (Å²) in [5, 5.41) is 2.84. The van der Waals surface area contributed by atoms with Crippen molar-refractivity contribution in [1.82, 2.24) is 5.32 Å². The van der Waals surface area contributed by atoms with Crippen LogP contribution in [0.1, 0.15) is 39.0 Å². The van der Waals surface area contributed by atoms with Crippen LogP contribution < -0.4 is 5.32 Å². The lowest BCUT2D eigenvalue weighted by Crippen LogP contribution is -2.25. The van der Waals surface area contributed by atoms with E-state index in [0.717, 1.165) is 25.7 Å². The van der Waals surface area contributed by atoms with Crippen molar-refractivity contribution in [3.63, 3.8) is 0 Å². The average molecular weight is 271 g/mol. The predicted octanol–water partition coefficient (Wildman–Crippen LogP) is 1.51. The average Bonchev–Trinajstić information content (AvgIpc) is 2.42. The first-order valence-electron chi connectivity index (χ1n) is 6.98. The number of hydrogen-bond donors (Lipinski definition) is 1. The quantitative estimate of drug-likeness (QED) is 0.508. The second-order valence-corrected chi connectivity index (χ2v) is 5.10. The second kappa shape index (κ2) is 9.18. The van der Waals surface area contributed by atoms with Gasteiger partial charge in [0.1, 0.15) is 18.4 Å². The summed E-state index contributed by atoms with van der Waals surface area (Å²) in [6, 6.07) is 0. The number of carbonyl (C=O) groups is 2. The number of ether oxygens (including phenoxy) is 2. The van der Waals surface area contributed by atoms with Crippen LogP contribution in [0.25, 0.3) is 0 Å². The Labute approximate surface area is 115 Å². The minimum absolute atomic E-state index is 0.123. The maximum Gasteiger partial charge on any atom is 0.148 e. The highest BCUT2D eigenvalue weighted by atomic mass is 16.7. The minimum Gasteiger partial charge on any atom is -0.355 e. The number of Topliss-reactive ketones (excluding diaryl/α,β-unsaturated/α-hetero) is 2. The third kappa shape index (κ3) is 6.27. The van der Waals surface area contributed by atoms with Crippen LogP contribution in [0.15, 0.2) is 0 Å². The first-order valence-corrected chi connectivity index (χ1v) is 6.98. The van der Waals surface area contributed by atoms with Crippen molar-refractivity contribution >= 4 is 11.6 Å². The number of nitrogens with one attached hydrogen (secondary N) is 1. The zero-order chi connectivity index (χ0) is 14.1. The van der Waals surface area contributed by atoms with Crippen LogP contribution in [0.4, 0.5) is 0 Å². The summed E-state index contributed by atoms with van der Waals surface area (Å²) in [4.78, 5) is 23.2. The Morgan fingerprint density at radius 3 is 2.32 bits per heavy atom.